The Balaban J connectivity index is 1.32. The second-order valence-corrected chi connectivity index (χ2v) is 7.75. The molecule has 2 aromatic rings. The summed E-state index contributed by atoms with van der Waals surface area (Å²) in [6, 6.07) is 12.8. The van der Waals surface area contributed by atoms with E-state index >= 15 is 0 Å². The number of hydrogen-bond acceptors (Lipinski definition) is 5. The van der Waals surface area contributed by atoms with Crippen LogP contribution < -0.4 is 15.1 Å². The van der Waals surface area contributed by atoms with E-state index in [1.165, 1.54) is 0 Å². The number of anilines is 2. The molecule has 0 spiro atoms. The summed E-state index contributed by atoms with van der Waals surface area (Å²) in [5, 5.41) is 13.4. The Kier molecular flexibility index (Phi) is 6.76. The summed E-state index contributed by atoms with van der Waals surface area (Å²) >= 11 is 0. The normalized spacial score (nSPS) is 17.7. The van der Waals surface area contributed by atoms with E-state index in [-0.39, 0.29) is 5.82 Å². The van der Waals surface area contributed by atoms with Crippen molar-refractivity contribution in [3.63, 3.8) is 0 Å². The molecule has 4 rings (SSSR count). The molecule has 2 saturated heterocycles. The molecule has 2 N–H and O–H groups in total. The molecule has 0 radical (unpaired) electrons. The maximum absolute atomic E-state index is 14.7. The van der Waals surface area contributed by atoms with E-state index in [1.807, 2.05) is 35.2 Å². The van der Waals surface area contributed by atoms with Crippen LogP contribution in [0.25, 0.3) is 0 Å². The first-order valence-electron chi connectivity index (χ1n) is 10.8. The third kappa shape index (κ3) is 5.02. The lowest BCUT2D eigenvalue weighted by Crippen LogP contribution is -2.52. The lowest BCUT2D eigenvalue weighted by atomic mass is 10.1. The fourth-order valence-electron chi connectivity index (χ4n) is 4.13. The number of guanidine groups is 1. The first kappa shape index (κ1) is 21.2. The zero-order valence-electron chi connectivity index (χ0n) is 17.9. The summed E-state index contributed by atoms with van der Waals surface area (Å²) in [4.78, 5) is 10.8. The van der Waals surface area contributed by atoms with E-state index in [0.717, 1.165) is 43.4 Å². The summed E-state index contributed by atoms with van der Waals surface area (Å²) in [5.41, 5.74) is 2.38. The van der Waals surface area contributed by atoms with Gasteiger partial charge in [0, 0.05) is 52.9 Å². The summed E-state index contributed by atoms with van der Waals surface area (Å²) in [6.07, 6.45) is 0. The van der Waals surface area contributed by atoms with Crippen molar-refractivity contribution in [1.29, 1.82) is 0 Å². The van der Waals surface area contributed by atoms with E-state index < -0.39 is 0 Å². The minimum atomic E-state index is -0.201. The van der Waals surface area contributed by atoms with Gasteiger partial charge in [-0.3, -0.25) is 4.99 Å². The van der Waals surface area contributed by atoms with Crippen LogP contribution in [-0.4, -0.2) is 75.5 Å². The smallest absolute Gasteiger partial charge is 0.194 e. The standard InChI is InChI=1S/C23H30FN5O2/c1-25-23(29-10-8-27(9-11-29)21-4-2-3-5-22(21)30)26-17-18-6-7-20(19(24)16-18)28-12-14-31-15-13-28/h2-7,16,30H,8-15,17H2,1H3,(H,25,26). The van der Waals surface area contributed by atoms with Gasteiger partial charge in [0.2, 0.25) is 0 Å². The number of aromatic hydroxyl groups is 1. The number of hydrogen-bond donors (Lipinski definition) is 2. The maximum Gasteiger partial charge on any atom is 0.194 e. The van der Waals surface area contributed by atoms with Gasteiger partial charge in [0.05, 0.1) is 24.6 Å². The van der Waals surface area contributed by atoms with Crippen molar-refractivity contribution in [2.75, 3.05) is 69.3 Å². The van der Waals surface area contributed by atoms with Crippen molar-refractivity contribution >= 4 is 17.3 Å². The number of phenols is 1. The summed E-state index contributed by atoms with van der Waals surface area (Å²) < 4.78 is 20.0. The highest BCUT2D eigenvalue weighted by Gasteiger charge is 2.21. The molecular formula is C23H30FN5O2. The minimum absolute atomic E-state index is 0.201. The minimum Gasteiger partial charge on any atom is -0.506 e. The van der Waals surface area contributed by atoms with Crippen LogP contribution in [0.3, 0.4) is 0 Å². The highest BCUT2D eigenvalue weighted by molar-refractivity contribution is 5.80. The largest absolute Gasteiger partial charge is 0.506 e. The third-order valence-electron chi connectivity index (χ3n) is 5.83. The molecule has 2 aliphatic heterocycles. The highest BCUT2D eigenvalue weighted by atomic mass is 19.1. The molecular weight excluding hydrogens is 397 g/mol. The van der Waals surface area contributed by atoms with Crippen molar-refractivity contribution in [3.05, 3.63) is 53.8 Å². The molecule has 0 amide bonds. The second-order valence-electron chi connectivity index (χ2n) is 7.75. The van der Waals surface area contributed by atoms with E-state index in [2.05, 4.69) is 20.1 Å². The zero-order valence-corrected chi connectivity index (χ0v) is 17.9. The summed E-state index contributed by atoms with van der Waals surface area (Å²) in [7, 11) is 1.76. The van der Waals surface area contributed by atoms with Crippen molar-refractivity contribution in [2.24, 2.45) is 4.99 Å². The van der Waals surface area contributed by atoms with Crippen LogP contribution in [0.4, 0.5) is 15.8 Å². The molecule has 0 aromatic heterocycles. The number of phenolic OH excluding ortho intramolecular Hbond substituents is 1. The van der Waals surface area contributed by atoms with Crippen molar-refractivity contribution < 1.29 is 14.2 Å². The van der Waals surface area contributed by atoms with Gasteiger partial charge < -0.3 is 29.9 Å². The Morgan fingerprint density at radius 2 is 1.71 bits per heavy atom. The first-order chi connectivity index (χ1) is 15.2. The number of rotatable bonds is 4. The Hall–Kier alpha value is -3.00. The van der Waals surface area contributed by atoms with E-state index in [9.17, 15) is 9.50 Å². The van der Waals surface area contributed by atoms with Crippen LogP contribution in [0.1, 0.15) is 5.56 Å². The van der Waals surface area contributed by atoms with Crippen molar-refractivity contribution in [1.82, 2.24) is 10.2 Å². The lowest BCUT2D eigenvalue weighted by Gasteiger charge is -2.37. The molecule has 2 heterocycles. The SMILES string of the molecule is CN=C(NCc1ccc(N2CCOCC2)c(F)c1)N1CCN(c2ccccc2O)CC1. The number of morpholine rings is 1. The lowest BCUT2D eigenvalue weighted by molar-refractivity contribution is 0.122. The number of para-hydroxylation sites is 2. The first-order valence-corrected chi connectivity index (χ1v) is 10.8. The summed E-state index contributed by atoms with van der Waals surface area (Å²) in [5.74, 6) is 0.906. The number of piperazine rings is 1. The predicted molar refractivity (Wildman–Crippen MR) is 122 cm³/mol. The molecule has 166 valence electrons. The zero-order chi connectivity index (χ0) is 21.6. The van der Waals surface area contributed by atoms with E-state index in [4.69, 9.17) is 4.74 Å². The molecule has 2 aromatic carbocycles. The Labute approximate surface area is 182 Å². The molecule has 0 aliphatic carbocycles. The monoisotopic (exact) mass is 427 g/mol. The highest BCUT2D eigenvalue weighted by Crippen LogP contribution is 2.27. The van der Waals surface area contributed by atoms with Gasteiger partial charge in [-0.1, -0.05) is 18.2 Å². The number of halogens is 1. The van der Waals surface area contributed by atoms with Gasteiger partial charge >= 0.3 is 0 Å². The Bertz CT molecular complexity index is 909. The molecule has 0 atom stereocenters. The second kappa shape index (κ2) is 9.87. The van der Waals surface area contributed by atoms with Crippen LogP contribution in [0.5, 0.6) is 5.75 Å². The molecule has 0 unspecified atom stereocenters. The molecule has 2 fully saturated rings. The van der Waals surface area contributed by atoms with E-state index in [1.54, 1.807) is 19.2 Å². The van der Waals surface area contributed by atoms with E-state index in [0.29, 0.717) is 44.3 Å². The topological polar surface area (TPSA) is 63.6 Å². The summed E-state index contributed by atoms with van der Waals surface area (Å²) in [6.45, 7) is 6.37. The maximum atomic E-state index is 14.7. The number of aliphatic imine (C=N–C) groups is 1. The van der Waals surface area contributed by atoms with Gasteiger partial charge in [0.15, 0.2) is 5.96 Å². The van der Waals surface area contributed by atoms with Crippen LogP contribution in [0, 0.1) is 5.82 Å². The van der Waals surface area contributed by atoms with Gasteiger partial charge in [-0.2, -0.15) is 0 Å². The average Bonchev–Trinajstić information content (AvgIpc) is 2.81. The molecule has 0 bridgehead atoms. The molecule has 31 heavy (non-hydrogen) atoms. The van der Waals surface area contributed by atoms with Crippen LogP contribution >= 0.6 is 0 Å². The molecule has 0 saturated carbocycles. The quantitative estimate of drug-likeness (QED) is 0.577. The van der Waals surface area contributed by atoms with Crippen LogP contribution in [-0.2, 0) is 11.3 Å². The van der Waals surface area contributed by atoms with Gasteiger partial charge in [0.25, 0.3) is 0 Å². The van der Waals surface area contributed by atoms with Crippen LogP contribution in [0.15, 0.2) is 47.5 Å². The Morgan fingerprint density at radius 1 is 1.00 bits per heavy atom. The third-order valence-corrected chi connectivity index (χ3v) is 5.83. The fraction of sp³-hybridized carbons (Fsp3) is 0.435. The van der Waals surface area contributed by atoms with Crippen molar-refractivity contribution in [2.45, 2.75) is 6.54 Å². The molecule has 8 heteroatoms. The van der Waals surface area contributed by atoms with Crippen molar-refractivity contribution in [3.8, 4) is 5.75 Å². The number of nitrogens with zero attached hydrogens (tertiary/aromatic N) is 4. The number of benzene rings is 2. The number of ether oxygens (including phenoxy) is 1. The predicted octanol–water partition coefficient (Wildman–Crippen LogP) is 2.27. The van der Waals surface area contributed by atoms with Gasteiger partial charge in [-0.15, -0.1) is 0 Å². The number of nitrogens with one attached hydrogen (secondary N) is 1. The van der Waals surface area contributed by atoms with Gasteiger partial charge in [-0.05, 0) is 29.8 Å². The van der Waals surface area contributed by atoms with Gasteiger partial charge in [0.1, 0.15) is 11.6 Å². The molecule has 7 nitrogen and oxygen atoms in total. The average molecular weight is 428 g/mol. The Morgan fingerprint density at radius 3 is 2.39 bits per heavy atom. The van der Waals surface area contributed by atoms with Crippen LogP contribution in [0.2, 0.25) is 0 Å². The van der Waals surface area contributed by atoms with Gasteiger partial charge in [-0.25, -0.2) is 4.39 Å². The molecule has 2 aliphatic rings. The fourth-order valence-corrected chi connectivity index (χ4v) is 4.13.